The van der Waals surface area contributed by atoms with Gasteiger partial charge < -0.3 is 20.5 Å². The predicted molar refractivity (Wildman–Crippen MR) is 111 cm³/mol. The molecule has 7 nitrogen and oxygen atoms in total. The molecular weight excluding hydrogens is 354 g/mol. The molecule has 7 heteroatoms. The highest BCUT2D eigenvalue weighted by molar-refractivity contribution is 5.87. The van der Waals surface area contributed by atoms with E-state index in [9.17, 15) is 9.59 Å². The molecule has 1 aliphatic heterocycles. The van der Waals surface area contributed by atoms with Crippen LogP contribution in [0.1, 0.15) is 20.3 Å². The van der Waals surface area contributed by atoms with Gasteiger partial charge in [-0.1, -0.05) is 19.9 Å². The van der Waals surface area contributed by atoms with Crippen LogP contribution in [0.25, 0.3) is 11.1 Å². The van der Waals surface area contributed by atoms with Crippen molar-refractivity contribution in [1.29, 1.82) is 0 Å². The Balaban J connectivity index is 1.59. The molecule has 3 heterocycles. The number of aromatic nitrogens is 2. The third-order valence-corrected chi connectivity index (χ3v) is 4.68. The van der Waals surface area contributed by atoms with Gasteiger partial charge in [-0.2, -0.15) is 0 Å². The first-order valence-corrected chi connectivity index (χ1v) is 9.61. The minimum absolute atomic E-state index is 0.00861. The molecule has 2 aromatic heterocycles. The van der Waals surface area contributed by atoms with Gasteiger partial charge in [0.25, 0.3) is 5.56 Å². The Morgan fingerprint density at radius 2 is 2.14 bits per heavy atom. The molecule has 28 heavy (non-hydrogen) atoms. The molecule has 1 saturated heterocycles. The SMILES string of the molecule is CC(C)NC/C=C/C(=O)N1CC[C@H](Nc2cc(-c3ccncc3)c[nH]c2=O)C1. The van der Waals surface area contributed by atoms with Crippen molar-refractivity contribution < 1.29 is 4.79 Å². The molecule has 2 aromatic rings. The van der Waals surface area contributed by atoms with E-state index in [0.29, 0.717) is 31.4 Å². The van der Waals surface area contributed by atoms with Crippen LogP contribution in [0, 0.1) is 0 Å². The minimum atomic E-state index is -0.165. The summed E-state index contributed by atoms with van der Waals surface area (Å²) in [6, 6.07) is 6.08. The molecule has 3 N–H and O–H groups in total. The minimum Gasteiger partial charge on any atom is -0.376 e. The van der Waals surface area contributed by atoms with Crippen molar-refractivity contribution in [2.24, 2.45) is 0 Å². The number of pyridine rings is 2. The molecule has 0 aliphatic carbocycles. The molecule has 148 valence electrons. The lowest BCUT2D eigenvalue weighted by Gasteiger charge is -2.16. The molecular formula is C21H27N5O2. The molecule has 3 rings (SSSR count). The van der Waals surface area contributed by atoms with E-state index >= 15 is 0 Å². The Morgan fingerprint density at radius 3 is 2.89 bits per heavy atom. The van der Waals surface area contributed by atoms with Crippen LogP contribution in [0.15, 0.2) is 53.7 Å². The summed E-state index contributed by atoms with van der Waals surface area (Å²) in [5, 5.41) is 6.54. The van der Waals surface area contributed by atoms with Crippen molar-refractivity contribution in [2.45, 2.75) is 32.4 Å². The average molecular weight is 381 g/mol. The number of rotatable bonds is 7. The number of amides is 1. The van der Waals surface area contributed by atoms with Gasteiger partial charge in [0.1, 0.15) is 5.69 Å². The zero-order valence-corrected chi connectivity index (χ0v) is 16.3. The molecule has 0 aromatic carbocycles. The maximum Gasteiger partial charge on any atom is 0.271 e. The maximum absolute atomic E-state index is 12.3. The molecule has 0 saturated carbocycles. The summed E-state index contributed by atoms with van der Waals surface area (Å²) in [6.07, 6.45) is 9.42. The van der Waals surface area contributed by atoms with E-state index in [0.717, 1.165) is 17.5 Å². The topological polar surface area (TPSA) is 90.1 Å². The fourth-order valence-electron chi connectivity index (χ4n) is 3.17. The van der Waals surface area contributed by atoms with Crippen molar-refractivity contribution in [3.63, 3.8) is 0 Å². The Bertz CT molecular complexity index is 876. The van der Waals surface area contributed by atoms with Gasteiger partial charge in [-0.15, -0.1) is 0 Å². The highest BCUT2D eigenvalue weighted by atomic mass is 16.2. The van der Waals surface area contributed by atoms with Gasteiger partial charge in [0.05, 0.1) is 0 Å². The van der Waals surface area contributed by atoms with Gasteiger partial charge >= 0.3 is 0 Å². The summed E-state index contributed by atoms with van der Waals surface area (Å²) in [6.45, 7) is 6.08. The summed E-state index contributed by atoms with van der Waals surface area (Å²) < 4.78 is 0. The van der Waals surface area contributed by atoms with E-state index in [4.69, 9.17) is 0 Å². The Hall–Kier alpha value is -2.93. The number of likely N-dealkylation sites (tertiary alicyclic amines) is 1. The van der Waals surface area contributed by atoms with Gasteiger partial charge in [-0.05, 0) is 30.2 Å². The van der Waals surface area contributed by atoms with E-state index in [1.165, 1.54) is 0 Å². The molecule has 0 spiro atoms. The number of nitrogens with zero attached hydrogens (tertiary/aromatic N) is 2. The van der Waals surface area contributed by atoms with Crippen LogP contribution >= 0.6 is 0 Å². The van der Waals surface area contributed by atoms with Crippen molar-refractivity contribution in [3.8, 4) is 11.1 Å². The summed E-state index contributed by atoms with van der Waals surface area (Å²) in [5.74, 6) is 0.00861. The van der Waals surface area contributed by atoms with Crippen molar-refractivity contribution >= 4 is 11.6 Å². The number of carbonyl (C=O) groups excluding carboxylic acids is 1. The number of aromatic amines is 1. The second-order valence-corrected chi connectivity index (χ2v) is 7.25. The Morgan fingerprint density at radius 1 is 1.36 bits per heavy atom. The molecule has 1 aliphatic rings. The van der Waals surface area contributed by atoms with E-state index in [2.05, 4.69) is 34.4 Å². The van der Waals surface area contributed by atoms with E-state index in [1.54, 1.807) is 24.7 Å². The molecule has 0 unspecified atom stereocenters. The van der Waals surface area contributed by atoms with Crippen LogP contribution in [0.4, 0.5) is 5.69 Å². The maximum atomic E-state index is 12.3. The zero-order chi connectivity index (χ0) is 19.9. The van der Waals surface area contributed by atoms with Crippen LogP contribution in [0.5, 0.6) is 0 Å². The van der Waals surface area contributed by atoms with Gasteiger partial charge in [-0.25, -0.2) is 0 Å². The lowest BCUT2D eigenvalue weighted by atomic mass is 10.1. The second-order valence-electron chi connectivity index (χ2n) is 7.25. The monoisotopic (exact) mass is 381 g/mol. The Labute approximate surface area is 164 Å². The van der Waals surface area contributed by atoms with Crippen molar-refractivity contribution in [1.82, 2.24) is 20.2 Å². The highest BCUT2D eigenvalue weighted by Gasteiger charge is 2.25. The molecule has 1 atom stereocenters. The van der Waals surface area contributed by atoms with E-state index < -0.39 is 0 Å². The Kier molecular flexibility index (Phi) is 6.60. The number of H-pyrrole nitrogens is 1. The summed E-state index contributed by atoms with van der Waals surface area (Å²) >= 11 is 0. The summed E-state index contributed by atoms with van der Waals surface area (Å²) in [7, 11) is 0. The first kappa shape index (κ1) is 19.8. The quantitative estimate of drug-likeness (QED) is 0.639. The highest BCUT2D eigenvalue weighted by Crippen LogP contribution is 2.20. The third kappa shape index (κ3) is 5.29. The van der Waals surface area contributed by atoms with Crippen LogP contribution in [-0.2, 0) is 4.79 Å². The first-order chi connectivity index (χ1) is 13.5. The fourth-order valence-corrected chi connectivity index (χ4v) is 3.17. The number of carbonyl (C=O) groups is 1. The third-order valence-electron chi connectivity index (χ3n) is 4.68. The molecule has 1 amide bonds. The fraction of sp³-hybridized carbons (Fsp3) is 0.381. The average Bonchev–Trinajstić information content (AvgIpc) is 3.16. The van der Waals surface area contributed by atoms with Gasteiger partial charge in [-0.3, -0.25) is 14.6 Å². The smallest absolute Gasteiger partial charge is 0.271 e. The van der Waals surface area contributed by atoms with Crippen molar-refractivity contribution in [2.75, 3.05) is 25.0 Å². The van der Waals surface area contributed by atoms with Gasteiger partial charge in [0.2, 0.25) is 5.91 Å². The predicted octanol–water partition coefficient (Wildman–Crippen LogP) is 2.00. The van der Waals surface area contributed by atoms with Crippen LogP contribution < -0.4 is 16.2 Å². The number of anilines is 1. The first-order valence-electron chi connectivity index (χ1n) is 9.61. The molecule has 1 fully saturated rings. The van der Waals surface area contributed by atoms with Gasteiger partial charge in [0, 0.05) is 61.9 Å². The normalized spacial score (nSPS) is 16.8. The number of hydrogen-bond acceptors (Lipinski definition) is 5. The summed E-state index contributed by atoms with van der Waals surface area (Å²) in [5.41, 5.74) is 2.25. The van der Waals surface area contributed by atoms with E-state index in [-0.39, 0.29) is 17.5 Å². The summed E-state index contributed by atoms with van der Waals surface area (Å²) in [4.78, 5) is 33.1. The van der Waals surface area contributed by atoms with Crippen molar-refractivity contribution in [3.05, 3.63) is 59.3 Å². The zero-order valence-electron chi connectivity index (χ0n) is 16.3. The van der Waals surface area contributed by atoms with Crippen LogP contribution in [-0.4, -0.2) is 52.5 Å². The standard InChI is InChI=1S/C21H27N5O2/c1-15(2)23-8-3-4-20(27)26-11-7-18(14-26)25-19-12-17(13-24-21(19)28)16-5-9-22-10-6-16/h3-6,9-10,12-13,15,18,23,25H,7-8,11,14H2,1-2H3,(H,24,28)/b4-3+/t18-/m0/s1. The number of hydrogen-bond donors (Lipinski definition) is 3. The number of nitrogens with one attached hydrogen (secondary N) is 3. The van der Waals surface area contributed by atoms with Gasteiger partial charge in [0.15, 0.2) is 0 Å². The lowest BCUT2D eigenvalue weighted by Crippen LogP contribution is -2.31. The lowest BCUT2D eigenvalue weighted by molar-refractivity contribution is -0.125. The van der Waals surface area contributed by atoms with Crippen LogP contribution in [0.2, 0.25) is 0 Å². The molecule has 0 bridgehead atoms. The second kappa shape index (κ2) is 9.32. The van der Waals surface area contributed by atoms with E-state index in [1.807, 2.05) is 29.2 Å². The van der Waals surface area contributed by atoms with Crippen LogP contribution in [0.3, 0.4) is 0 Å². The molecule has 0 radical (unpaired) electrons. The largest absolute Gasteiger partial charge is 0.376 e.